The molecule has 1 rings (SSSR count). The lowest BCUT2D eigenvalue weighted by molar-refractivity contribution is 0.624. The standard InChI is InChI=1S/C12H18BrN/c1-9-8-11(6-7-12(9)13)5-3-4-10(2)14/h6-8,10H,3-5,14H2,1-2H3. The lowest BCUT2D eigenvalue weighted by Crippen LogP contribution is -2.14. The largest absolute Gasteiger partial charge is 0.328 e. The summed E-state index contributed by atoms with van der Waals surface area (Å²) in [5.74, 6) is 0. The van der Waals surface area contributed by atoms with Gasteiger partial charge in [0.25, 0.3) is 0 Å². The highest BCUT2D eigenvalue weighted by molar-refractivity contribution is 9.10. The first-order chi connectivity index (χ1) is 6.59. The zero-order chi connectivity index (χ0) is 10.6. The highest BCUT2D eigenvalue weighted by Gasteiger charge is 1.99. The summed E-state index contributed by atoms with van der Waals surface area (Å²) in [6.07, 6.45) is 3.42. The summed E-state index contributed by atoms with van der Waals surface area (Å²) in [7, 11) is 0. The van der Waals surface area contributed by atoms with Gasteiger partial charge < -0.3 is 5.73 Å². The normalized spacial score (nSPS) is 12.9. The molecule has 14 heavy (non-hydrogen) atoms. The third-order valence-corrected chi connectivity index (χ3v) is 3.24. The van der Waals surface area contributed by atoms with Gasteiger partial charge in [0.15, 0.2) is 0 Å². The number of hydrogen-bond acceptors (Lipinski definition) is 1. The van der Waals surface area contributed by atoms with E-state index in [1.807, 2.05) is 0 Å². The maximum Gasteiger partial charge on any atom is 0.0204 e. The van der Waals surface area contributed by atoms with Crippen LogP contribution in [0.2, 0.25) is 0 Å². The van der Waals surface area contributed by atoms with E-state index in [9.17, 15) is 0 Å². The van der Waals surface area contributed by atoms with Gasteiger partial charge in [-0.05, 0) is 50.3 Å². The summed E-state index contributed by atoms with van der Waals surface area (Å²) in [6.45, 7) is 4.19. The summed E-state index contributed by atoms with van der Waals surface area (Å²) in [4.78, 5) is 0. The second kappa shape index (κ2) is 5.52. The van der Waals surface area contributed by atoms with Gasteiger partial charge in [-0.15, -0.1) is 0 Å². The Labute approximate surface area is 94.8 Å². The van der Waals surface area contributed by atoms with Gasteiger partial charge in [-0.25, -0.2) is 0 Å². The van der Waals surface area contributed by atoms with E-state index in [0.717, 1.165) is 12.8 Å². The first-order valence-electron chi connectivity index (χ1n) is 5.10. The van der Waals surface area contributed by atoms with Crippen molar-refractivity contribution >= 4 is 15.9 Å². The minimum atomic E-state index is 0.326. The van der Waals surface area contributed by atoms with E-state index in [1.54, 1.807) is 0 Å². The van der Waals surface area contributed by atoms with Crippen LogP contribution in [0, 0.1) is 6.92 Å². The van der Waals surface area contributed by atoms with E-state index in [4.69, 9.17) is 5.73 Å². The van der Waals surface area contributed by atoms with Crippen molar-refractivity contribution in [1.29, 1.82) is 0 Å². The van der Waals surface area contributed by atoms with E-state index in [0.29, 0.717) is 6.04 Å². The van der Waals surface area contributed by atoms with Crippen molar-refractivity contribution < 1.29 is 0 Å². The molecule has 0 aliphatic rings. The molecule has 0 heterocycles. The second-order valence-corrected chi connectivity index (χ2v) is 4.81. The van der Waals surface area contributed by atoms with Crippen LogP contribution in [-0.2, 0) is 6.42 Å². The first-order valence-corrected chi connectivity index (χ1v) is 5.89. The van der Waals surface area contributed by atoms with Crippen LogP contribution in [0.3, 0.4) is 0 Å². The molecule has 0 spiro atoms. The van der Waals surface area contributed by atoms with Crippen LogP contribution in [-0.4, -0.2) is 6.04 Å². The monoisotopic (exact) mass is 255 g/mol. The molecule has 0 bridgehead atoms. The minimum absolute atomic E-state index is 0.326. The predicted molar refractivity (Wildman–Crippen MR) is 65.5 cm³/mol. The van der Waals surface area contributed by atoms with Crippen LogP contribution in [0.4, 0.5) is 0 Å². The van der Waals surface area contributed by atoms with Crippen molar-refractivity contribution in [2.45, 2.75) is 39.2 Å². The third-order valence-electron chi connectivity index (χ3n) is 2.35. The van der Waals surface area contributed by atoms with Gasteiger partial charge in [0, 0.05) is 10.5 Å². The summed E-state index contributed by atoms with van der Waals surface area (Å²) in [5, 5.41) is 0. The van der Waals surface area contributed by atoms with Crippen molar-refractivity contribution in [1.82, 2.24) is 0 Å². The van der Waals surface area contributed by atoms with Crippen LogP contribution in [0.15, 0.2) is 22.7 Å². The van der Waals surface area contributed by atoms with E-state index in [2.05, 4.69) is 48.0 Å². The van der Waals surface area contributed by atoms with Gasteiger partial charge in [0.05, 0.1) is 0 Å². The maximum atomic E-state index is 5.70. The molecule has 1 nitrogen and oxygen atoms in total. The van der Waals surface area contributed by atoms with Gasteiger partial charge >= 0.3 is 0 Å². The Kier molecular flexibility index (Phi) is 4.63. The number of rotatable bonds is 4. The molecule has 0 fully saturated rings. The van der Waals surface area contributed by atoms with Crippen LogP contribution in [0.1, 0.15) is 30.9 Å². The Balaban J connectivity index is 2.47. The maximum absolute atomic E-state index is 5.70. The van der Waals surface area contributed by atoms with Gasteiger partial charge in [0.2, 0.25) is 0 Å². The summed E-state index contributed by atoms with van der Waals surface area (Å²) in [5.41, 5.74) is 8.42. The lowest BCUT2D eigenvalue weighted by atomic mass is 10.0. The number of benzene rings is 1. The van der Waals surface area contributed by atoms with Gasteiger partial charge in [-0.1, -0.05) is 28.1 Å². The Morgan fingerprint density at radius 3 is 2.71 bits per heavy atom. The van der Waals surface area contributed by atoms with Crippen molar-refractivity contribution in [2.75, 3.05) is 0 Å². The Bertz CT molecular complexity index is 294. The molecule has 0 radical (unpaired) electrons. The smallest absolute Gasteiger partial charge is 0.0204 e. The molecule has 1 atom stereocenters. The number of halogens is 1. The zero-order valence-corrected chi connectivity index (χ0v) is 10.5. The number of hydrogen-bond donors (Lipinski definition) is 1. The molecule has 0 saturated heterocycles. The molecule has 1 unspecified atom stereocenters. The minimum Gasteiger partial charge on any atom is -0.328 e. The van der Waals surface area contributed by atoms with Crippen molar-refractivity contribution in [2.24, 2.45) is 5.73 Å². The SMILES string of the molecule is Cc1cc(CCCC(C)N)ccc1Br. The van der Waals surface area contributed by atoms with Gasteiger partial charge in [-0.3, -0.25) is 0 Å². The van der Waals surface area contributed by atoms with E-state index >= 15 is 0 Å². The van der Waals surface area contributed by atoms with Crippen LogP contribution < -0.4 is 5.73 Å². The molecule has 1 aromatic rings. The fourth-order valence-corrected chi connectivity index (χ4v) is 1.74. The Morgan fingerprint density at radius 1 is 1.43 bits per heavy atom. The highest BCUT2D eigenvalue weighted by atomic mass is 79.9. The quantitative estimate of drug-likeness (QED) is 0.877. The third kappa shape index (κ3) is 3.81. The average molecular weight is 256 g/mol. The topological polar surface area (TPSA) is 26.0 Å². The molecule has 78 valence electrons. The summed E-state index contributed by atoms with van der Waals surface area (Å²) in [6, 6.07) is 6.87. The summed E-state index contributed by atoms with van der Waals surface area (Å²) >= 11 is 3.50. The molecule has 0 aliphatic heterocycles. The van der Waals surface area contributed by atoms with E-state index < -0.39 is 0 Å². The molecule has 1 aromatic carbocycles. The van der Waals surface area contributed by atoms with Crippen molar-refractivity contribution in [3.63, 3.8) is 0 Å². The number of nitrogens with two attached hydrogens (primary N) is 1. The van der Waals surface area contributed by atoms with Crippen LogP contribution >= 0.6 is 15.9 Å². The molecule has 0 aliphatic carbocycles. The number of aryl methyl sites for hydroxylation is 2. The molecular weight excluding hydrogens is 238 g/mol. The van der Waals surface area contributed by atoms with Crippen LogP contribution in [0.5, 0.6) is 0 Å². The van der Waals surface area contributed by atoms with Crippen molar-refractivity contribution in [3.8, 4) is 0 Å². The first kappa shape index (κ1) is 11.7. The Morgan fingerprint density at radius 2 is 2.14 bits per heavy atom. The van der Waals surface area contributed by atoms with Gasteiger partial charge in [0.1, 0.15) is 0 Å². The second-order valence-electron chi connectivity index (χ2n) is 3.95. The predicted octanol–water partition coefficient (Wildman–Crippen LogP) is 3.43. The average Bonchev–Trinajstić information content (AvgIpc) is 2.10. The van der Waals surface area contributed by atoms with Crippen molar-refractivity contribution in [3.05, 3.63) is 33.8 Å². The van der Waals surface area contributed by atoms with E-state index in [-0.39, 0.29) is 0 Å². The molecular formula is C12H18BrN. The molecule has 0 amide bonds. The van der Waals surface area contributed by atoms with Gasteiger partial charge in [-0.2, -0.15) is 0 Å². The molecule has 0 aromatic heterocycles. The Hall–Kier alpha value is -0.340. The highest BCUT2D eigenvalue weighted by Crippen LogP contribution is 2.18. The summed E-state index contributed by atoms with van der Waals surface area (Å²) < 4.78 is 1.19. The van der Waals surface area contributed by atoms with E-state index in [1.165, 1.54) is 22.0 Å². The molecule has 0 saturated carbocycles. The molecule has 2 N–H and O–H groups in total. The van der Waals surface area contributed by atoms with Crippen LogP contribution in [0.25, 0.3) is 0 Å². The fraction of sp³-hybridized carbons (Fsp3) is 0.500. The lowest BCUT2D eigenvalue weighted by Gasteiger charge is -2.06. The fourth-order valence-electron chi connectivity index (χ4n) is 1.49. The zero-order valence-electron chi connectivity index (χ0n) is 8.89. The molecule has 2 heteroatoms.